The van der Waals surface area contributed by atoms with Gasteiger partial charge in [0.2, 0.25) is 0 Å². The van der Waals surface area contributed by atoms with Crippen LogP contribution >= 0.6 is 12.4 Å². The summed E-state index contributed by atoms with van der Waals surface area (Å²) >= 11 is 0. The number of hydrogen-bond acceptors (Lipinski definition) is 0. The normalized spacial score (nSPS) is 6.91. The number of halogens is 1. The van der Waals surface area contributed by atoms with E-state index in [9.17, 15) is 0 Å². The largest absolute Gasteiger partial charge is 0.147 e. The van der Waals surface area contributed by atoms with Crippen molar-refractivity contribution in [3.05, 3.63) is 53.9 Å². The van der Waals surface area contributed by atoms with Crippen molar-refractivity contribution in [2.75, 3.05) is 0 Å². The van der Waals surface area contributed by atoms with Crippen molar-refractivity contribution in [3.8, 4) is 0 Å². The SMILES string of the molecule is C=C=C=Cc1ccccc1.Cl. The van der Waals surface area contributed by atoms with Gasteiger partial charge in [0.1, 0.15) is 0 Å². The first-order valence-electron chi connectivity index (χ1n) is 3.09. The van der Waals surface area contributed by atoms with Crippen LogP contribution < -0.4 is 0 Å². The predicted octanol–water partition coefficient (Wildman–Crippen LogP) is 3.06. The second-order valence-electron chi connectivity index (χ2n) is 1.88. The molecule has 0 aromatic heterocycles. The van der Waals surface area contributed by atoms with Gasteiger partial charge in [0, 0.05) is 0 Å². The van der Waals surface area contributed by atoms with Crippen LogP contribution in [0.15, 0.2) is 48.4 Å². The summed E-state index contributed by atoms with van der Waals surface area (Å²) < 4.78 is 0. The maximum absolute atomic E-state index is 3.41. The van der Waals surface area contributed by atoms with E-state index in [-0.39, 0.29) is 12.4 Å². The van der Waals surface area contributed by atoms with Crippen molar-refractivity contribution < 1.29 is 0 Å². The van der Waals surface area contributed by atoms with Crippen LogP contribution in [0.2, 0.25) is 0 Å². The molecule has 0 fully saturated rings. The third-order valence-corrected chi connectivity index (χ3v) is 1.14. The molecular formula is C10H9Cl. The Bertz CT molecular complexity index is 275. The van der Waals surface area contributed by atoms with E-state index in [4.69, 9.17) is 0 Å². The van der Waals surface area contributed by atoms with E-state index in [0.29, 0.717) is 0 Å². The van der Waals surface area contributed by atoms with Crippen LogP contribution in [0.1, 0.15) is 5.56 Å². The third kappa shape index (κ3) is 3.50. The number of hydrogen-bond donors (Lipinski definition) is 0. The Hall–Kier alpha value is -1.19. The third-order valence-electron chi connectivity index (χ3n) is 1.14. The lowest BCUT2D eigenvalue weighted by molar-refractivity contribution is 1.66. The van der Waals surface area contributed by atoms with E-state index in [1.54, 1.807) is 0 Å². The molecule has 0 unspecified atom stereocenters. The van der Waals surface area contributed by atoms with E-state index in [0.717, 1.165) is 5.56 Å². The highest BCUT2D eigenvalue weighted by molar-refractivity contribution is 5.85. The molecule has 0 aliphatic carbocycles. The van der Waals surface area contributed by atoms with Crippen molar-refractivity contribution >= 4 is 18.5 Å². The van der Waals surface area contributed by atoms with Gasteiger partial charge in [-0.3, -0.25) is 0 Å². The Morgan fingerprint density at radius 2 is 1.82 bits per heavy atom. The van der Waals surface area contributed by atoms with Gasteiger partial charge in [-0.2, -0.15) is 0 Å². The molecule has 0 aliphatic heterocycles. The van der Waals surface area contributed by atoms with Gasteiger partial charge in [-0.15, -0.1) is 12.4 Å². The molecule has 0 spiro atoms. The lowest BCUT2D eigenvalue weighted by atomic mass is 10.2. The first kappa shape index (κ1) is 9.81. The predicted molar refractivity (Wildman–Crippen MR) is 50.8 cm³/mol. The highest BCUT2D eigenvalue weighted by atomic mass is 35.5. The second-order valence-corrected chi connectivity index (χ2v) is 1.88. The lowest BCUT2D eigenvalue weighted by Crippen LogP contribution is -1.64. The molecular weight excluding hydrogens is 156 g/mol. The van der Waals surface area contributed by atoms with Gasteiger partial charge in [0.15, 0.2) is 0 Å². The van der Waals surface area contributed by atoms with Gasteiger partial charge < -0.3 is 0 Å². The van der Waals surface area contributed by atoms with Crippen molar-refractivity contribution in [2.24, 2.45) is 0 Å². The molecule has 0 aliphatic rings. The van der Waals surface area contributed by atoms with Crippen LogP contribution in [0.5, 0.6) is 0 Å². The van der Waals surface area contributed by atoms with Crippen LogP contribution in [0.4, 0.5) is 0 Å². The monoisotopic (exact) mass is 164 g/mol. The molecule has 1 heteroatoms. The zero-order chi connectivity index (χ0) is 7.23. The van der Waals surface area contributed by atoms with Crippen LogP contribution in [0.3, 0.4) is 0 Å². The maximum atomic E-state index is 3.41. The highest BCUT2D eigenvalue weighted by Crippen LogP contribution is 1.98. The van der Waals surface area contributed by atoms with Gasteiger partial charge in [-0.1, -0.05) is 41.8 Å². The quantitative estimate of drug-likeness (QED) is 0.560. The fraction of sp³-hybridized carbons (Fsp3) is 0. The van der Waals surface area contributed by atoms with E-state index >= 15 is 0 Å². The van der Waals surface area contributed by atoms with Gasteiger partial charge in [0.05, 0.1) is 0 Å². The van der Waals surface area contributed by atoms with E-state index in [2.05, 4.69) is 18.0 Å². The van der Waals surface area contributed by atoms with Crippen molar-refractivity contribution in [1.82, 2.24) is 0 Å². The first-order chi connectivity index (χ1) is 4.93. The van der Waals surface area contributed by atoms with Gasteiger partial charge >= 0.3 is 0 Å². The summed E-state index contributed by atoms with van der Waals surface area (Å²) in [5.74, 6) is 0. The summed E-state index contributed by atoms with van der Waals surface area (Å²) in [6.45, 7) is 3.41. The van der Waals surface area contributed by atoms with E-state index in [1.807, 2.05) is 36.4 Å². The molecule has 1 aromatic rings. The maximum Gasteiger partial charge on any atom is -0.00430 e. The molecule has 11 heavy (non-hydrogen) atoms. The molecule has 1 rings (SSSR count). The first-order valence-corrected chi connectivity index (χ1v) is 3.09. The minimum Gasteiger partial charge on any atom is -0.147 e. The molecule has 0 amide bonds. The van der Waals surface area contributed by atoms with E-state index < -0.39 is 0 Å². The minimum absolute atomic E-state index is 0. The van der Waals surface area contributed by atoms with Crippen molar-refractivity contribution in [1.29, 1.82) is 0 Å². The topological polar surface area (TPSA) is 0 Å². The molecule has 0 saturated heterocycles. The molecule has 1 aromatic carbocycles. The smallest absolute Gasteiger partial charge is 0.00430 e. The van der Waals surface area contributed by atoms with Crippen LogP contribution in [-0.4, -0.2) is 0 Å². The summed E-state index contributed by atoms with van der Waals surface area (Å²) in [6.07, 6.45) is 1.84. The molecule has 0 nitrogen and oxygen atoms in total. The fourth-order valence-corrected chi connectivity index (χ4v) is 0.684. The van der Waals surface area contributed by atoms with Crippen LogP contribution in [0.25, 0.3) is 6.08 Å². The van der Waals surface area contributed by atoms with Crippen molar-refractivity contribution in [2.45, 2.75) is 0 Å². The summed E-state index contributed by atoms with van der Waals surface area (Å²) in [7, 11) is 0. The molecule has 0 radical (unpaired) electrons. The summed E-state index contributed by atoms with van der Waals surface area (Å²) in [5, 5.41) is 0. The fourth-order valence-electron chi connectivity index (χ4n) is 0.684. The van der Waals surface area contributed by atoms with E-state index in [1.165, 1.54) is 0 Å². The van der Waals surface area contributed by atoms with Crippen molar-refractivity contribution in [3.63, 3.8) is 0 Å². The molecule has 0 bridgehead atoms. The highest BCUT2D eigenvalue weighted by Gasteiger charge is 1.77. The Morgan fingerprint density at radius 3 is 2.36 bits per heavy atom. The standard InChI is InChI=1S/C10H8.ClH/c1-2-3-7-10-8-5-4-6-9-10;/h4-9H,1H2;1H. The lowest BCUT2D eigenvalue weighted by Gasteiger charge is -1.85. The zero-order valence-electron chi connectivity index (χ0n) is 6.08. The average Bonchev–Trinajstić information content (AvgIpc) is 2.03. The average molecular weight is 165 g/mol. The van der Waals surface area contributed by atoms with Crippen LogP contribution in [0, 0.1) is 0 Å². The molecule has 0 N–H and O–H groups in total. The molecule has 0 atom stereocenters. The van der Waals surface area contributed by atoms with Gasteiger partial charge in [0.25, 0.3) is 0 Å². The summed E-state index contributed by atoms with van der Waals surface area (Å²) in [6, 6.07) is 9.96. The van der Waals surface area contributed by atoms with Gasteiger partial charge in [-0.05, 0) is 18.2 Å². The number of rotatable bonds is 1. The Morgan fingerprint density at radius 1 is 1.18 bits per heavy atom. The Kier molecular flexibility index (Phi) is 4.98. The summed E-state index contributed by atoms with van der Waals surface area (Å²) in [5.41, 5.74) is 6.46. The minimum atomic E-state index is 0. The van der Waals surface area contributed by atoms with Crippen LogP contribution in [-0.2, 0) is 0 Å². The molecule has 0 heterocycles. The molecule has 56 valence electrons. The zero-order valence-corrected chi connectivity index (χ0v) is 6.90. The summed E-state index contributed by atoms with van der Waals surface area (Å²) in [4.78, 5) is 0. The molecule has 0 saturated carbocycles. The Labute approximate surface area is 73.0 Å². The second kappa shape index (κ2) is 5.58. The number of benzene rings is 1. The van der Waals surface area contributed by atoms with Gasteiger partial charge in [-0.25, -0.2) is 0 Å². The Balaban J connectivity index is 0.000001000.